The first-order chi connectivity index (χ1) is 6.83. The molecule has 4 heteroatoms. The van der Waals surface area contributed by atoms with E-state index in [1.54, 1.807) is 18.3 Å². The van der Waals surface area contributed by atoms with Crippen molar-refractivity contribution in [2.24, 2.45) is 0 Å². The summed E-state index contributed by atoms with van der Waals surface area (Å²) in [4.78, 5) is 14.8. The van der Waals surface area contributed by atoms with Gasteiger partial charge >= 0.3 is 6.09 Å². The second-order valence-electron chi connectivity index (χ2n) is 2.78. The molecule has 1 rings (SSSR count). The normalized spacial score (nSPS) is 9.50. The summed E-state index contributed by atoms with van der Waals surface area (Å²) in [5, 5.41) is 2.52. The Morgan fingerprint density at radius 2 is 2.57 bits per heavy atom. The van der Waals surface area contributed by atoms with Gasteiger partial charge in [-0.25, -0.2) is 4.79 Å². The van der Waals surface area contributed by atoms with Gasteiger partial charge in [0.05, 0.1) is 12.3 Å². The molecule has 0 saturated heterocycles. The number of anilines is 1. The molecule has 0 aromatic carbocycles. The van der Waals surface area contributed by atoms with Crippen LogP contribution < -0.4 is 5.32 Å². The number of hydrogen-bond donors (Lipinski definition) is 1. The maximum atomic E-state index is 11.1. The van der Waals surface area contributed by atoms with Crippen molar-refractivity contribution in [2.45, 2.75) is 19.8 Å². The Bertz CT molecular complexity index is 275. The average molecular weight is 193 g/mol. The molecule has 0 unspecified atom stereocenters. The molecule has 0 atom stereocenters. The molecular formula is C10H13N2O2. The third-order valence-corrected chi connectivity index (χ3v) is 1.58. The zero-order chi connectivity index (χ0) is 10.2. The van der Waals surface area contributed by atoms with Gasteiger partial charge in [0.2, 0.25) is 0 Å². The number of nitrogens with one attached hydrogen (secondary N) is 1. The molecule has 0 aliphatic carbocycles. The number of pyridine rings is 1. The highest BCUT2D eigenvalue weighted by molar-refractivity contribution is 5.83. The van der Waals surface area contributed by atoms with Crippen molar-refractivity contribution in [1.29, 1.82) is 0 Å². The van der Waals surface area contributed by atoms with Crippen molar-refractivity contribution in [3.63, 3.8) is 0 Å². The summed E-state index contributed by atoms with van der Waals surface area (Å²) >= 11 is 0. The summed E-state index contributed by atoms with van der Waals surface area (Å²) in [7, 11) is 0. The fraction of sp³-hybridized carbons (Fsp3) is 0.400. The minimum atomic E-state index is -0.456. The van der Waals surface area contributed by atoms with E-state index in [1.807, 2.05) is 6.92 Å². The summed E-state index contributed by atoms with van der Waals surface area (Å²) < 4.78 is 4.89. The molecule has 1 radical (unpaired) electrons. The zero-order valence-electron chi connectivity index (χ0n) is 8.12. The van der Waals surface area contributed by atoms with Crippen LogP contribution in [0.5, 0.6) is 0 Å². The van der Waals surface area contributed by atoms with E-state index in [0.717, 1.165) is 12.8 Å². The number of ether oxygens (including phenoxy) is 1. The van der Waals surface area contributed by atoms with Crippen LogP contribution in [-0.2, 0) is 4.74 Å². The Labute approximate surface area is 83.3 Å². The Morgan fingerprint density at radius 1 is 1.71 bits per heavy atom. The van der Waals surface area contributed by atoms with E-state index in [-0.39, 0.29) is 0 Å². The van der Waals surface area contributed by atoms with Crippen LogP contribution >= 0.6 is 0 Å². The van der Waals surface area contributed by atoms with Crippen molar-refractivity contribution in [1.82, 2.24) is 4.98 Å². The van der Waals surface area contributed by atoms with Crippen LogP contribution in [0.4, 0.5) is 10.5 Å². The Kier molecular flexibility index (Phi) is 4.47. The van der Waals surface area contributed by atoms with Gasteiger partial charge in [-0.2, -0.15) is 0 Å². The number of unbranched alkanes of at least 4 members (excludes halogenated alkanes) is 1. The predicted molar refractivity (Wildman–Crippen MR) is 53.0 cm³/mol. The summed E-state index contributed by atoms with van der Waals surface area (Å²) in [6.07, 6.45) is 5.65. The van der Waals surface area contributed by atoms with Crippen molar-refractivity contribution >= 4 is 11.8 Å². The number of carbonyl (C=O) groups excluding carboxylic acids is 1. The molecule has 1 aromatic rings. The molecule has 1 heterocycles. The second-order valence-corrected chi connectivity index (χ2v) is 2.78. The van der Waals surface area contributed by atoms with Crippen LogP contribution in [0.15, 0.2) is 18.3 Å². The average Bonchev–Trinajstić information content (AvgIpc) is 2.20. The van der Waals surface area contributed by atoms with E-state index in [1.165, 1.54) is 0 Å². The summed E-state index contributed by atoms with van der Waals surface area (Å²) in [5.74, 6) is 0. The van der Waals surface area contributed by atoms with Gasteiger partial charge < -0.3 is 4.74 Å². The fourth-order valence-corrected chi connectivity index (χ4v) is 0.851. The third-order valence-electron chi connectivity index (χ3n) is 1.58. The molecule has 0 aliphatic heterocycles. The van der Waals surface area contributed by atoms with Gasteiger partial charge in [-0.3, -0.25) is 10.3 Å². The lowest BCUT2D eigenvalue weighted by Gasteiger charge is -2.04. The second kappa shape index (κ2) is 5.96. The van der Waals surface area contributed by atoms with Gasteiger partial charge in [0.15, 0.2) is 0 Å². The first-order valence-corrected chi connectivity index (χ1v) is 4.59. The standard InChI is InChI=1S/C10H13N2O2/c1-2-3-7-14-10(13)12-9-5-4-6-11-8-9/h4-6H,2-3,7H2,1H3,(H,12,13). The molecule has 0 aliphatic rings. The first kappa shape index (κ1) is 10.5. The zero-order valence-corrected chi connectivity index (χ0v) is 8.12. The highest BCUT2D eigenvalue weighted by Crippen LogP contribution is 2.02. The fourth-order valence-electron chi connectivity index (χ4n) is 0.851. The monoisotopic (exact) mass is 193 g/mol. The van der Waals surface area contributed by atoms with E-state index >= 15 is 0 Å². The lowest BCUT2D eigenvalue weighted by Crippen LogP contribution is -2.14. The summed E-state index contributed by atoms with van der Waals surface area (Å²) in [6, 6.07) is 3.42. The number of amides is 1. The first-order valence-electron chi connectivity index (χ1n) is 4.59. The number of rotatable bonds is 4. The molecule has 14 heavy (non-hydrogen) atoms. The van der Waals surface area contributed by atoms with E-state index in [4.69, 9.17) is 4.74 Å². The van der Waals surface area contributed by atoms with Gasteiger partial charge in [0.25, 0.3) is 0 Å². The number of hydrogen-bond acceptors (Lipinski definition) is 3. The Morgan fingerprint density at radius 3 is 3.21 bits per heavy atom. The largest absolute Gasteiger partial charge is 0.449 e. The van der Waals surface area contributed by atoms with Crippen molar-refractivity contribution in [2.75, 3.05) is 11.9 Å². The van der Waals surface area contributed by atoms with Gasteiger partial charge in [-0.15, -0.1) is 0 Å². The van der Waals surface area contributed by atoms with Crippen LogP contribution in [0.25, 0.3) is 0 Å². The Balaban J connectivity index is 2.27. The molecule has 1 N–H and O–H groups in total. The van der Waals surface area contributed by atoms with Gasteiger partial charge in [-0.1, -0.05) is 13.3 Å². The molecule has 0 fully saturated rings. The van der Waals surface area contributed by atoms with E-state index in [9.17, 15) is 4.79 Å². The summed E-state index contributed by atoms with van der Waals surface area (Å²) in [6.45, 7) is 2.48. The van der Waals surface area contributed by atoms with Crippen molar-refractivity contribution < 1.29 is 9.53 Å². The van der Waals surface area contributed by atoms with Crippen molar-refractivity contribution in [3.05, 3.63) is 24.5 Å². The van der Waals surface area contributed by atoms with Crippen LogP contribution in [0.1, 0.15) is 19.8 Å². The van der Waals surface area contributed by atoms with Crippen LogP contribution in [0, 0.1) is 6.20 Å². The molecule has 0 bridgehead atoms. The van der Waals surface area contributed by atoms with Crippen LogP contribution in [0.2, 0.25) is 0 Å². The maximum absolute atomic E-state index is 11.1. The molecular weight excluding hydrogens is 180 g/mol. The lowest BCUT2D eigenvalue weighted by molar-refractivity contribution is 0.160. The predicted octanol–water partition coefficient (Wildman–Crippen LogP) is 2.23. The molecule has 75 valence electrons. The van der Waals surface area contributed by atoms with E-state index in [0.29, 0.717) is 12.3 Å². The molecule has 0 spiro atoms. The molecule has 1 aromatic heterocycles. The Hall–Kier alpha value is -1.58. The summed E-state index contributed by atoms with van der Waals surface area (Å²) in [5.41, 5.74) is 0.522. The highest BCUT2D eigenvalue weighted by atomic mass is 16.5. The maximum Gasteiger partial charge on any atom is 0.411 e. The minimum absolute atomic E-state index is 0.447. The van der Waals surface area contributed by atoms with Gasteiger partial charge in [-0.05, 0) is 18.6 Å². The molecule has 0 saturated carbocycles. The van der Waals surface area contributed by atoms with Crippen LogP contribution in [-0.4, -0.2) is 17.7 Å². The minimum Gasteiger partial charge on any atom is -0.449 e. The third kappa shape index (κ3) is 3.89. The quantitative estimate of drug-likeness (QED) is 0.746. The van der Waals surface area contributed by atoms with Gasteiger partial charge in [0, 0.05) is 6.20 Å². The molecule has 4 nitrogen and oxygen atoms in total. The van der Waals surface area contributed by atoms with Crippen LogP contribution in [0.3, 0.4) is 0 Å². The van der Waals surface area contributed by atoms with Gasteiger partial charge in [0.1, 0.15) is 6.20 Å². The van der Waals surface area contributed by atoms with E-state index in [2.05, 4.69) is 16.5 Å². The molecule has 1 amide bonds. The number of carbonyl (C=O) groups is 1. The smallest absolute Gasteiger partial charge is 0.411 e. The number of aromatic nitrogens is 1. The van der Waals surface area contributed by atoms with E-state index < -0.39 is 6.09 Å². The lowest BCUT2D eigenvalue weighted by atomic mass is 10.4. The number of nitrogens with zero attached hydrogens (tertiary/aromatic N) is 1. The highest BCUT2D eigenvalue weighted by Gasteiger charge is 2.01. The topological polar surface area (TPSA) is 51.2 Å². The SMILES string of the molecule is CCCCOC(=O)Nc1[c]nccc1. The van der Waals surface area contributed by atoms with Crippen molar-refractivity contribution in [3.8, 4) is 0 Å².